The van der Waals surface area contributed by atoms with Crippen LogP contribution in [0.15, 0.2) is 15.2 Å². The third-order valence-electron chi connectivity index (χ3n) is 3.34. The molecule has 1 amide bonds. The topological polar surface area (TPSA) is 29.1 Å². The summed E-state index contributed by atoms with van der Waals surface area (Å²) in [5.74, 6) is 1.51. The summed E-state index contributed by atoms with van der Waals surface area (Å²) in [6.45, 7) is 4.55. The molecule has 1 aromatic heterocycles. The van der Waals surface area contributed by atoms with Gasteiger partial charge in [0.15, 0.2) is 0 Å². The molecular formula is C13H18BrNOS. The average molecular weight is 316 g/mol. The summed E-state index contributed by atoms with van der Waals surface area (Å²) in [4.78, 5) is 12.0. The second kappa shape index (κ2) is 5.53. The molecule has 1 saturated carbocycles. The summed E-state index contributed by atoms with van der Waals surface area (Å²) in [5.41, 5.74) is 0.771. The lowest BCUT2D eigenvalue weighted by molar-refractivity contribution is 0.0911. The first-order valence-corrected chi connectivity index (χ1v) is 7.76. The normalized spacial score (nSPS) is 29.0. The van der Waals surface area contributed by atoms with Crippen molar-refractivity contribution in [3.05, 3.63) is 20.8 Å². The summed E-state index contributed by atoms with van der Waals surface area (Å²) in [7, 11) is 0. The van der Waals surface area contributed by atoms with Crippen molar-refractivity contribution in [1.29, 1.82) is 0 Å². The van der Waals surface area contributed by atoms with Crippen LogP contribution in [0.4, 0.5) is 0 Å². The van der Waals surface area contributed by atoms with Gasteiger partial charge in [0.1, 0.15) is 0 Å². The van der Waals surface area contributed by atoms with E-state index < -0.39 is 0 Å². The summed E-state index contributed by atoms with van der Waals surface area (Å²) < 4.78 is 1.01. The maximum atomic E-state index is 12.0. The third-order valence-corrected chi connectivity index (χ3v) is 4.85. The molecule has 0 aliphatic heterocycles. The van der Waals surface area contributed by atoms with Gasteiger partial charge >= 0.3 is 0 Å². The van der Waals surface area contributed by atoms with Gasteiger partial charge in [0.25, 0.3) is 5.91 Å². The third kappa shape index (κ3) is 3.55. The van der Waals surface area contributed by atoms with Crippen LogP contribution in [0.25, 0.3) is 0 Å². The lowest BCUT2D eigenvalue weighted by Crippen LogP contribution is -2.39. The van der Waals surface area contributed by atoms with Crippen LogP contribution in [0.1, 0.15) is 43.5 Å². The van der Waals surface area contributed by atoms with Gasteiger partial charge in [-0.1, -0.05) is 13.8 Å². The summed E-state index contributed by atoms with van der Waals surface area (Å²) >= 11 is 4.93. The lowest BCUT2D eigenvalue weighted by Gasteiger charge is -2.31. The minimum Gasteiger partial charge on any atom is -0.349 e. The minimum atomic E-state index is 0.0678. The van der Waals surface area contributed by atoms with Gasteiger partial charge in [-0.05, 0) is 53.1 Å². The van der Waals surface area contributed by atoms with Crippen LogP contribution in [-0.4, -0.2) is 11.9 Å². The summed E-state index contributed by atoms with van der Waals surface area (Å²) in [5, 5.41) is 5.05. The molecule has 1 aromatic rings. The molecule has 2 rings (SSSR count). The molecule has 17 heavy (non-hydrogen) atoms. The van der Waals surface area contributed by atoms with Crippen LogP contribution in [0.3, 0.4) is 0 Å². The molecule has 0 bridgehead atoms. The highest BCUT2D eigenvalue weighted by Crippen LogP contribution is 2.29. The molecule has 0 aromatic carbocycles. The highest BCUT2D eigenvalue weighted by atomic mass is 79.9. The SMILES string of the molecule is CC1CC(C)CC(NC(=O)c2csc(Br)c2)C1. The zero-order valence-corrected chi connectivity index (χ0v) is 12.6. The Morgan fingerprint density at radius 2 is 2.00 bits per heavy atom. The molecule has 2 unspecified atom stereocenters. The first-order valence-electron chi connectivity index (χ1n) is 6.09. The standard InChI is InChI=1S/C13H18BrNOS/c1-8-3-9(2)5-11(4-8)15-13(16)10-6-12(14)17-7-10/h6-9,11H,3-5H2,1-2H3,(H,15,16). The number of carbonyl (C=O) groups is 1. The second-order valence-electron chi connectivity index (χ2n) is 5.23. The number of rotatable bonds is 2. The van der Waals surface area contributed by atoms with Crippen molar-refractivity contribution in [2.75, 3.05) is 0 Å². The first kappa shape index (κ1) is 13.1. The van der Waals surface area contributed by atoms with Gasteiger partial charge in [0.2, 0.25) is 0 Å². The van der Waals surface area contributed by atoms with Crippen LogP contribution in [-0.2, 0) is 0 Å². The minimum absolute atomic E-state index is 0.0678. The van der Waals surface area contributed by atoms with Crippen LogP contribution in [0.2, 0.25) is 0 Å². The number of hydrogen-bond acceptors (Lipinski definition) is 2. The molecule has 2 nitrogen and oxygen atoms in total. The van der Waals surface area contributed by atoms with Gasteiger partial charge in [0, 0.05) is 11.4 Å². The molecule has 1 aliphatic rings. The van der Waals surface area contributed by atoms with Crippen molar-refractivity contribution in [3.8, 4) is 0 Å². The Kier molecular flexibility index (Phi) is 4.26. The monoisotopic (exact) mass is 315 g/mol. The Morgan fingerprint density at radius 1 is 1.35 bits per heavy atom. The van der Waals surface area contributed by atoms with E-state index in [0.29, 0.717) is 6.04 Å². The molecular weight excluding hydrogens is 298 g/mol. The van der Waals surface area contributed by atoms with Gasteiger partial charge in [-0.3, -0.25) is 4.79 Å². The van der Waals surface area contributed by atoms with Crippen LogP contribution in [0.5, 0.6) is 0 Å². The Bertz CT molecular complexity index is 394. The Labute approximate surface area is 115 Å². The second-order valence-corrected chi connectivity index (χ2v) is 7.52. The average Bonchev–Trinajstić information content (AvgIpc) is 2.63. The largest absolute Gasteiger partial charge is 0.349 e. The van der Waals surface area contributed by atoms with E-state index in [4.69, 9.17) is 0 Å². The molecule has 0 radical (unpaired) electrons. The van der Waals surface area contributed by atoms with E-state index >= 15 is 0 Å². The first-order chi connectivity index (χ1) is 8.04. The highest BCUT2D eigenvalue weighted by Gasteiger charge is 2.25. The maximum Gasteiger partial charge on any atom is 0.252 e. The molecule has 1 fully saturated rings. The lowest BCUT2D eigenvalue weighted by atomic mass is 9.80. The molecule has 2 atom stereocenters. The van der Waals surface area contributed by atoms with Crippen molar-refractivity contribution in [1.82, 2.24) is 5.32 Å². The van der Waals surface area contributed by atoms with E-state index in [9.17, 15) is 4.79 Å². The zero-order chi connectivity index (χ0) is 12.4. The van der Waals surface area contributed by atoms with E-state index in [0.717, 1.165) is 34.0 Å². The fraction of sp³-hybridized carbons (Fsp3) is 0.615. The van der Waals surface area contributed by atoms with Crippen LogP contribution in [0, 0.1) is 11.8 Å². The van der Waals surface area contributed by atoms with E-state index in [1.165, 1.54) is 6.42 Å². The number of halogens is 1. The smallest absolute Gasteiger partial charge is 0.252 e. The van der Waals surface area contributed by atoms with Gasteiger partial charge in [-0.25, -0.2) is 0 Å². The zero-order valence-electron chi connectivity index (χ0n) is 10.2. The Hall–Kier alpha value is -0.350. The van der Waals surface area contributed by atoms with Gasteiger partial charge in [-0.15, -0.1) is 11.3 Å². The quantitative estimate of drug-likeness (QED) is 0.876. The van der Waals surface area contributed by atoms with Gasteiger partial charge in [0.05, 0.1) is 9.35 Å². The maximum absolute atomic E-state index is 12.0. The molecule has 1 aliphatic carbocycles. The van der Waals surface area contributed by atoms with Crippen LogP contribution >= 0.6 is 27.3 Å². The predicted molar refractivity (Wildman–Crippen MR) is 75.5 cm³/mol. The molecule has 1 heterocycles. The highest BCUT2D eigenvalue weighted by molar-refractivity contribution is 9.11. The molecule has 94 valence electrons. The van der Waals surface area contributed by atoms with Crippen molar-refractivity contribution in [3.63, 3.8) is 0 Å². The van der Waals surface area contributed by atoms with E-state index in [-0.39, 0.29) is 5.91 Å². The number of hydrogen-bond donors (Lipinski definition) is 1. The van der Waals surface area contributed by atoms with E-state index in [1.54, 1.807) is 11.3 Å². The fourth-order valence-corrected chi connectivity index (χ4v) is 3.90. The van der Waals surface area contributed by atoms with E-state index in [2.05, 4.69) is 35.1 Å². The Morgan fingerprint density at radius 3 is 2.53 bits per heavy atom. The number of nitrogens with one attached hydrogen (secondary N) is 1. The van der Waals surface area contributed by atoms with Gasteiger partial charge < -0.3 is 5.32 Å². The molecule has 1 N–H and O–H groups in total. The van der Waals surface area contributed by atoms with Crippen LogP contribution < -0.4 is 5.32 Å². The number of carbonyl (C=O) groups excluding carboxylic acids is 1. The molecule has 4 heteroatoms. The van der Waals surface area contributed by atoms with Gasteiger partial charge in [-0.2, -0.15) is 0 Å². The van der Waals surface area contributed by atoms with Crippen molar-refractivity contribution in [2.45, 2.75) is 39.2 Å². The molecule has 0 spiro atoms. The Balaban J connectivity index is 1.94. The van der Waals surface area contributed by atoms with Crippen molar-refractivity contribution in [2.24, 2.45) is 11.8 Å². The van der Waals surface area contributed by atoms with Crippen molar-refractivity contribution < 1.29 is 4.79 Å². The number of amides is 1. The number of thiophene rings is 1. The van der Waals surface area contributed by atoms with Crippen molar-refractivity contribution >= 4 is 33.2 Å². The summed E-state index contributed by atoms with van der Waals surface area (Å²) in [6.07, 6.45) is 3.51. The molecule has 0 saturated heterocycles. The summed E-state index contributed by atoms with van der Waals surface area (Å²) in [6, 6.07) is 2.23. The predicted octanol–water partition coefficient (Wildman–Crippen LogP) is 4.07. The fourth-order valence-electron chi connectivity index (χ4n) is 2.76. The van der Waals surface area contributed by atoms with E-state index in [1.807, 2.05) is 11.4 Å².